The van der Waals surface area contributed by atoms with E-state index in [0.29, 0.717) is 11.5 Å². The van der Waals surface area contributed by atoms with Gasteiger partial charge in [-0.1, -0.05) is 44.0 Å². The first-order valence-corrected chi connectivity index (χ1v) is 11.7. The van der Waals surface area contributed by atoms with Gasteiger partial charge in [0.25, 0.3) is 0 Å². The Balaban J connectivity index is 1.44. The molecule has 6 heteroatoms. The number of ether oxygens (including phenoxy) is 1. The van der Waals surface area contributed by atoms with Crippen LogP contribution in [0, 0.1) is 35.0 Å². The van der Waals surface area contributed by atoms with E-state index in [9.17, 15) is 22.0 Å². The first-order valence-electron chi connectivity index (χ1n) is 11.7. The molecular formula is C28H27F5O. The minimum Gasteiger partial charge on any atom is -0.486 e. The standard InChI is InChI=1S/C28H27F5O/c1-2-3-17-4-6-19(7-5-17)20-8-10-21(11-9-20)22-12-13-25(28(33)26(22)31)34-16-18-14-23(29)27(32)24(30)15-18/h8-15,17,19H,2-7,16H2,1H3. The molecule has 4 rings (SSSR count). The Labute approximate surface area is 196 Å². The second-order valence-corrected chi connectivity index (χ2v) is 9.03. The molecular weight excluding hydrogens is 447 g/mol. The smallest absolute Gasteiger partial charge is 0.201 e. The van der Waals surface area contributed by atoms with Crippen molar-refractivity contribution in [3.63, 3.8) is 0 Å². The summed E-state index contributed by atoms with van der Waals surface area (Å²) in [5.41, 5.74) is 1.83. The van der Waals surface area contributed by atoms with Gasteiger partial charge >= 0.3 is 0 Å². The Kier molecular flexibility index (Phi) is 7.54. The van der Waals surface area contributed by atoms with Crippen LogP contribution < -0.4 is 4.74 Å². The minimum absolute atomic E-state index is 0.0420. The van der Waals surface area contributed by atoms with E-state index in [-0.39, 0.29) is 11.1 Å². The second-order valence-electron chi connectivity index (χ2n) is 9.03. The van der Waals surface area contributed by atoms with Crippen molar-refractivity contribution >= 4 is 0 Å². The fourth-order valence-electron chi connectivity index (χ4n) is 4.85. The van der Waals surface area contributed by atoms with Gasteiger partial charge in [0.15, 0.2) is 29.0 Å². The predicted molar refractivity (Wildman–Crippen MR) is 122 cm³/mol. The Bertz CT molecular complexity index is 1110. The van der Waals surface area contributed by atoms with Crippen LogP contribution in [-0.2, 0) is 6.61 Å². The van der Waals surface area contributed by atoms with Crippen LogP contribution >= 0.6 is 0 Å². The lowest BCUT2D eigenvalue weighted by molar-refractivity contribution is 0.283. The molecule has 0 saturated heterocycles. The molecule has 3 aromatic carbocycles. The van der Waals surface area contributed by atoms with Gasteiger partial charge in [0, 0.05) is 5.56 Å². The first kappa shape index (κ1) is 24.2. The van der Waals surface area contributed by atoms with Gasteiger partial charge in [-0.3, -0.25) is 0 Å². The largest absolute Gasteiger partial charge is 0.486 e. The molecule has 1 aliphatic carbocycles. The van der Waals surface area contributed by atoms with E-state index in [4.69, 9.17) is 4.74 Å². The monoisotopic (exact) mass is 474 g/mol. The molecule has 0 atom stereocenters. The average Bonchev–Trinajstić information content (AvgIpc) is 2.84. The lowest BCUT2D eigenvalue weighted by Gasteiger charge is -2.28. The first-order chi connectivity index (χ1) is 16.4. The Morgan fingerprint density at radius 3 is 2.03 bits per heavy atom. The molecule has 0 N–H and O–H groups in total. The minimum atomic E-state index is -1.60. The van der Waals surface area contributed by atoms with E-state index in [1.807, 2.05) is 12.1 Å². The fourth-order valence-corrected chi connectivity index (χ4v) is 4.85. The number of halogens is 5. The van der Waals surface area contributed by atoms with Crippen LogP contribution in [0.25, 0.3) is 11.1 Å². The molecule has 0 spiro atoms. The van der Waals surface area contributed by atoms with Crippen LogP contribution in [0.1, 0.15) is 62.5 Å². The molecule has 1 saturated carbocycles. The quantitative estimate of drug-likeness (QED) is 0.246. The average molecular weight is 475 g/mol. The predicted octanol–water partition coefficient (Wildman–Crippen LogP) is 8.70. The van der Waals surface area contributed by atoms with E-state index in [1.165, 1.54) is 43.4 Å². The molecule has 0 amide bonds. The molecule has 0 aliphatic heterocycles. The van der Waals surface area contributed by atoms with Crippen molar-refractivity contribution in [2.45, 2.75) is 58.0 Å². The van der Waals surface area contributed by atoms with Gasteiger partial charge in [-0.05, 0) is 78.5 Å². The molecule has 1 fully saturated rings. The SMILES string of the molecule is CCCC1CCC(c2ccc(-c3ccc(OCc4cc(F)c(F)c(F)c4)c(F)c3F)cc2)CC1. The number of rotatable bonds is 7. The van der Waals surface area contributed by atoms with Gasteiger partial charge in [0.2, 0.25) is 5.82 Å². The van der Waals surface area contributed by atoms with Crippen LogP contribution in [0.2, 0.25) is 0 Å². The van der Waals surface area contributed by atoms with Crippen molar-refractivity contribution in [1.29, 1.82) is 0 Å². The summed E-state index contributed by atoms with van der Waals surface area (Å²) in [4.78, 5) is 0. The van der Waals surface area contributed by atoms with Crippen LogP contribution in [0.3, 0.4) is 0 Å². The number of hydrogen-bond acceptors (Lipinski definition) is 1. The molecule has 3 aromatic rings. The van der Waals surface area contributed by atoms with E-state index >= 15 is 0 Å². The highest BCUT2D eigenvalue weighted by Crippen LogP contribution is 2.38. The Hall–Kier alpha value is -2.89. The van der Waals surface area contributed by atoms with E-state index in [2.05, 4.69) is 6.92 Å². The van der Waals surface area contributed by atoms with Crippen molar-refractivity contribution < 1.29 is 26.7 Å². The molecule has 0 unspecified atom stereocenters. The molecule has 0 heterocycles. The highest BCUT2D eigenvalue weighted by molar-refractivity contribution is 5.65. The lowest BCUT2D eigenvalue weighted by Crippen LogP contribution is -2.13. The van der Waals surface area contributed by atoms with Gasteiger partial charge < -0.3 is 4.74 Å². The summed E-state index contributed by atoms with van der Waals surface area (Å²) in [5.74, 6) is -5.69. The second kappa shape index (κ2) is 10.6. The zero-order valence-corrected chi connectivity index (χ0v) is 19.0. The van der Waals surface area contributed by atoms with Crippen LogP contribution in [0.5, 0.6) is 5.75 Å². The lowest BCUT2D eigenvalue weighted by atomic mass is 9.77. The fraction of sp³-hybridized carbons (Fsp3) is 0.357. The van der Waals surface area contributed by atoms with Crippen LogP contribution in [0.15, 0.2) is 48.5 Å². The maximum absolute atomic E-state index is 14.8. The molecule has 0 aromatic heterocycles. The summed E-state index contributed by atoms with van der Waals surface area (Å²) in [5, 5.41) is 0. The summed E-state index contributed by atoms with van der Waals surface area (Å²) in [7, 11) is 0. The topological polar surface area (TPSA) is 9.23 Å². The van der Waals surface area contributed by atoms with Crippen LogP contribution in [0.4, 0.5) is 22.0 Å². The molecule has 0 radical (unpaired) electrons. The summed E-state index contributed by atoms with van der Waals surface area (Å²) in [6.07, 6.45) is 7.28. The van der Waals surface area contributed by atoms with E-state index in [1.54, 1.807) is 12.1 Å². The Morgan fingerprint density at radius 2 is 1.41 bits per heavy atom. The summed E-state index contributed by atoms with van der Waals surface area (Å²) < 4.78 is 74.4. The van der Waals surface area contributed by atoms with Crippen LogP contribution in [-0.4, -0.2) is 0 Å². The summed E-state index contributed by atoms with van der Waals surface area (Å²) in [6.45, 7) is 1.78. The van der Waals surface area contributed by atoms with Gasteiger partial charge in [0.1, 0.15) is 6.61 Å². The van der Waals surface area contributed by atoms with Crippen molar-refractivity contribution in [2.24, 2.45) is 5.92 Å². The molecule has 1 aliphatic rings. The van der Waals surface area contributed by atoms with E-state index < -0.39 is 41.4 Å². The highest BCUT2D eigenvalue weighted by atomic mass is 19.2. The third kappa shape index (κ3) is 5.26. The zero-order chi connectivity index (χ0) is 24.2. The normalized spacial score (nSPS) is 18.2. The summed E-state index contributed by atoms with van der Waals surface area (Å²) in [6, 6.07) is 11.8. The molecule has 180 valence electrons. The summed E-state index contributed by atoms with van der Waals surface area (Å²) >= 11 is 0. The van der Waals surface area contributed by atoms with Gasteiger partial charge in [0.05, 0.1) is 0 Å². The van der Waals surface area contributed by atoms with Crippen molar-refractivity contribution in [2.75, 3.05) is 0 Å². The maximum Gasteiger partial charge on any atom is 0.201 e. The highest BCUT2D eigenvalue weighted by Gasteiger charge is 2.22. The van der Waals surface area contributed by atoms with E-state index in [0.717, 1.165) is 30.9 Å². The molecule has 0 bridgehead atoms. The number of benzene rings is 3. The van der Waals surface area contributed by atoms with Crippen molar-refractivity contribution in [3.8, 4) is 16.9 Å². The zero-order valence-electron chi connectivity index (χ0n) is 19.0. The molecule has 1 nitrogen and oxygen atoms in total. The van der Waals surface area contributed by atoms with Gasteiger partial charge in [-0.2, -0.15) is 4.39 Å². The molecule has 34 heavy (non-hydrogen) atoms. The van der Waals surface area contributed by atoms with Gasteiger partial charge in [-0.25, -0.2) is 17.6 Å². The van der Waals surface area contributed by atoms with Crippen molar-refractivity contribution in [3.05, 3.63) is 88.7 Å². The van der Waals surface area contributed by atoms with Gasteiger partial charge in [-0.15, -0.1) is 0 Å². The number of hydrogen-bond donors (Lipinski definition) is 0. The Morgan fingerprint density at radius 1 is 0.765 bits per heavy atom. The third-order valence-corrected chi connectivity index (χ3v) is 6.72. The third-order valence-electron chi connectivity index (χ3n) is 6.72. The maximum atomic E-state index is 14.8. The van der Waals surface area contributed by atoms with Crippen molar-refractivity contribution in [1.82, 2.24) is 0 Å².